The Morgan fingerprint density at radius 1 is 0.900 bits per heavy atom. The van der Waals surface area contributed by atoms with Crippen LogP contribution in [0.25, 0.3) is 0 Å². The largest absolute Gasteiger partial charge is 0.339 e. The van der Waals surface area contributed by atoms with Crippen molar-refractivity contribution < 1.29 is 9.59 Å². The first-order valence-electron chi connectivity index (χ1n) is 11.7. The van der Waals surface area contributed by atoms with Crippen LogP contribution in [0.1, 0.15) is 49.7 Å². The Morgan fingerprint density at radius 2 is 1.43 bits per heavy atom. The second-order valence-electron chi connectivity index (χ2n) is 10.3. The number of rotatable bonds is 5. The van der Waals surface area contributed by atoms with E-state index in [4.69, 9.17) is 0 Å². The maximum Gasteiger partial charge on any atom is 0.232 e. The van der Waals surface area contributed by atoms with Crippen molar-refractivity contribution in [3.8, 4) is 0 Å². The monoisotopic (exact) mass is 426 g/mol. The summed E-state index contributed by atoms with van der Waals surface area (Å²) in [5.74, 6) is 4.43. The molecule has 5 fully saturated rings. The van der Waals surface area contributed by atoms with Crippen molar-refractivity contribution in [2.45, 2.75) is 51.2 Å². The predicted octanol–water partition coefficient (Wildman–Crippen LogP) is 4.12. The van der Waals surface area contributed by atoms with Crippen LogP contribution in [-0.4, -0.2) is 53.5 Å². The summed E-state index contributed by atoms with van der Waals surface area (Å²) < 4.78 is 0. The molecule has 1 aromatic carbocycles. The summed E-state index contributed by atoms with van der Waals surface area (Å²) in [6.07, 6.45) is 7.51. The summed E-state index contributed by atoms with van der Waals surface area (Å²) in [6.45, 7) is 4.92. The molecule has 6 rings (SSSR count). The standard InChI is InChI=1S/C25H34N2O2S/c1-18-2-4-19(5-3-18)16-30-17-23(28)26-6-8-27(9-7-26)24(29)25-13-20-10-21(14-25)12-22(11-20)15-25/h2-5,20-22H,6-17H2,1H3. The number of thioether (sulfide) groups is 1. The van der Waals surface area contributed by atoms with Crippen LogP contribution in [0.15, 0.2) is 24.3 Å². The molecule has 30 heavy (non-hydrogen) atoms. The highest BCUT2D eigenvalue weighted by molar-refractivity contribution is 7.99. The quantitative estimate of drug-likeness (QED) is 0.711. The molecule has 2 amide bonds. The average molecular weight is 427 g/mol. The van der Waals surface area contributed by atoms with Gasteiger partial charge in [0, 0.05) is 31.9 Å². The highest BCUT2D eigenvalue weighted by Gasteiger charge is 2.55. The zero-order valence-corrected chi connectivity index (χ0v) is 19.0. The van der Waals surface area contributed by atoms with Crippen LogP contribution in [-0.2, 0) is 15.3 Å². The van der Waals surface area contributed by atoms with Crippen LogP contribution in [0.4, 0.5) is 0 Å². The normalized spacial score (nSPS) is 32.5. The molecular formula is C25H34N2O2S. The zero-order valence-electron chi connectivity index (χ0n) is 18.1. The van der Waals surface area contributed by atoms with E-state index < -0.39 is 0 Å². The van der Waals surface area contributed by atoms with Gasteiger partial charge in [0.25, 0.3) is 0 Å². The molecule has 5 aliphatic rings. The molecule has 0 N–H and O–H groups in total. The van der Waals surface area contributed by atoms with Gasteiger partial charge in [0.2, 0.25) is 11.8 Å². The van der Waals surface area contributed by atoms with Crippen molar-refractivity contribution in [2.24, 2.45) is 23.2 Å². The average Bonchev–Trinajstić information content (AvgIpc) is 2.74. The Labute approximate surface area is 184 Å². The molecule has 4 bridgehead atoms. The molecule has 1 heterocycles. The van der Waals surface area contributed by atoms with Gasteiger partial charge in [-0.05, 0) is 68.8 Å². The lowest BCUT2D eigenvalue weighted by Gasteiger charge is -2.57. The van der Waals surface area contributed by atoms with Gasteiger partial charge in [-0.1, -0.05) is 29.8 Å². The summed E-state index contributed by atoms with van der Waals surface area (Å²) in [6, 6.07) is 8.53. The second-order valence-corrected chi connectivity index (χ2v) is 11.3. The number of carbonyl (C=O) groups excluding carboxylic acids is 2. The lowest BCUT2D eigenvalue weighted by Crippen LogP contribution is -2.58. The van der Waals surface area contributed by atoms with E-state index in [1.54, 1.807) is 11.8 Å². The number of benzene rings is 1. The SMILES string of the molecule is Cc1ccc(CSCC(=O)N2CCN(C(=O)C34CC5CC(CC(C5)C3)C4)CC2)cc1. The van der Waals surface area contributed by atoms with E-state index in [0.717, 1.165) is 55.9 Å². The Bertz CT molecular complexity index is 763. The lowest BCUT2D eigenvalue weighted by molar-refractivity contribution is -0.160. The van der Waals surface area contributed by atoms with Gasteiger partial charge in [0.05, 0.1) is 11.2 Å². The molecule has 0 radical (unpaired) electrons. The maximum absolute atomic E-state index is 13.5. The van der Waals surface area contributed by atoms with Crippen LogP contribution in [0.3, 0.4) is 0 Å². The fourth-order valence-electron chi connectivity index (χ4n) is 6.90. The highest BCUT2D eigenvalue weighted by atomic mass is 32.2. The van der Waals surface area contributed by atoms with Gasteiger partial charge < -0.3 is 9.80 Å². The number of aryl methyl sites for hydroxylation is 1. The van der Waals surface area contributed by atoms with Crippen LogP contribution < -0.4 is 0 Å². The summed E-state index contributed by atoms with van der Waals surface area (Å²) in [5, 5.41) is 0. The van der Waals surface area contributed by atoms with Gasteiger partial charge in [-0.2, -0.15) is 0 Å². The van der Waals surface area contributed by atoms with Gasteiger partial charge in [-0.25, -0.2) is 0 Å². The van der Waals surface area contributed by atoms with E-state index in [0.29, 0.717) is 24.7 Å². The molecule has 0 aromatic heterocycles. The third-order valence-electron chi connectivity index (χ3n) is 8.03. The van der Waals surface area contributed by atoms with E-state index in [-0.39, 0.29) is 11.3 Å². The van der Waals surface area contributed by atoms with Crippen molar-refractivity contribution >= 4 is 23.6 Å². The summed E-state index contributed by atoms with van der Waals surface area (Å²) in [4.78, 5) is 30.2. The summed E-state index contributed by atoms with van der Waals surface area (Å²) in [5.41, 5.74) is 2.48. The van der Waals surface area contributed by atoms with Gasteiger partial charge in [-0.3, -0.25) is 9.59 Å². The molecule has 1 saturated heterocycles. The molecule has 0 unspecified atom stereocenters. The van der Waals surface area contributed by atoms with Gasteiger partial charge in [-0.15, -0.1) is 11.8 Å². The molecular weight excluding hydrogens is 392 g/mol. The van der Waals surface area contributed by atoms with E-state index in [2.05, 4.69) is 36.1 Å². The van der Waals surface area contributed by atoms with E-state index >= 15 is 0 Å². The molecule has 5 heteroatoms. The summed E-state index contributed by atoms with van der Waals surface area (Å²) >= 11 is 1.69. The van der Waals surface area contributed by atoms with Crippen molar-refractivity contribution in [1.29, 1.82) is 0 Å². The minimum Gasteiger partial charge on any atom is -0.339 e. The van der Waals surface area contributed by atoms with Crippen LogP contribution in [0, 0.1) is 30.1 Å². The van der Waals surface area contributed by atoms with E-state index in [1.807, 2.05) is 4.90 Å². The molecule has 4 aliphatic carbocycles. The lowest BCUT2D eigenvalue weighted by atomic mass is 9.49. The minimum atomic E-state index is -0.0508. The summed E-state index contributed by atoms with van der Waals surface area (Å²) in [7, 11) is 0. The fraction of sp³-hybridized carbons (Fsp3) is 0.680. The fourth-order valence-corrected chi connectivity index (χ4v) is 7.79. The number of carbonyl (C=O) groups is 2. The highest BCUT2D eigenvalue weighted by Crippen LogP contribution is 2.60. The van der Waals surface area contributed by atoms with Crippen molar-refractivity contribution in [2.75, 3.05) is 31.9 Å². The predicted molar refractivity (Wildman–Crippen MR) is 121 cm³/mol. The van der Waals surface area contributed by atoms with Crippen molar-refractivity contribution in [3.63, 3.8) is 0 Å². The number of piperazine rings is 1. The Balaban J connectivity index is 1.10. The topological polar surface area (TPSA) is 40.6 Å². The van der Waals surface area contributed by atoms with Gasteiger partial charge >= 0.3 is 0 Å². The number of nitrogens with zero attached hydrogens (tertiary/aromatic N) is 2. The van der Waals surface area contributed by atoms with Crippen molar-refractivity contribution in [1.82, 2.24) is 9.80 Å². The molecule has 4 nitrogen and oxygen atoms in total. The Kier molecular flexibility index (Phi) is 5.59. The van der Waals surface area contributed by atoms with Crippen LogP contribution in [0.2, 0.25) is 0 Å². The second kappa shape index (κ2) is 8.22. The number of hydrogen-bond donors (Lipinski definition) is 0. The molecule has 1 aromatic rings. The Morgan fingerprint density at radius 3 is 2.00 bits per heavy atom. The van der Waals surface area contributed by atoms with Crippen molar-refractivity contribution in [3.05, 3.63) is 35.4 Å². The Hall–Kier alpha value is -1.49. The van der Waals surface area contributed by atoms with Gasteiger partial charge in [0.1, 0.15) is 0 Å². The maximum atomic E-state index is 13.5. The number of amides is 2. The van der Waals surface area contributed by atoms with Crippen LogP contribution in [0.5, 0.6) is 0 Å². The third kappa shape index (κ3) is 4.02. The molecule has 4 saturated carbocycles. The third-order valence-corrected chi connectivity index (χ3v) is 9.01. The molecule has 1 aliphatic heterocycles. The molecule has 0 spiro atoms. The van der Waals surface area contributed by atoms with E-state index in [1.165, 1.54) is 30.4 Å². The first-order chi connectivity index (χ1) is 14.5. The first kappa shape index (κ1) is 20.4. The molecule has 162 valence electrons. The minimum absolute atomic E-state index is 0.0508. The van der Waals surface area contributed by atoms with E-state index in [9.17, 15) is 9.59 Å². The zero-order chi connectivity index (χ0) is 20.7. The first-order valence-corrected chi connectivity index (χ1v) is 12.9. The van der Waals surface area contributed by atoms with Crippen LogP contribution >= 0.6 is 11.8 Å². The van der Waals surface area contributed by atoms with Gasteiger partial charge in [0.15, 0.2) is 0 Å². The smallest absolute Gasteiger partial charge is 0.232 e. The number of hydrogen-bond acceptors (Lipinski definition) is 3. The molecule has 0 atom stereocenters.